The van der Waals surface area contributed by atoms with Crippen molar-refractivity contribution >= 4 is 23.8 Å². The zero-order valence-electron chi connectivity index (χ0n) is 11.1. The van der Waals surface area contributed by atoms with Crippen molar-refractivity contribution < 1.29 is 27.9 Å². The first-order valence-electron chi connectivity index (χ1n) is 6.09. The van der Waals surface area contributed by atoms with Crippen molar-refractivity contribution in [3.8, 4) is 0 Å². The van der Waals surface area contributed by atoms with Gasteiger partial charge in [-0.25, -0.2) is 9.59 Å². The Bertz CT molecular complexity index is 314. The maximum atomic E-state index is 11.9. The van der Waals surface area contributed by atoms with E-state index < -0.39 is 30.6 Å². The zero-order chi connectivity index (χ0) is 15.6. The zero-order valence-corrected chi connectivity index (χ0v) is 11.9. The predicted molar refractivity (Wildman–Crippen MR) is 70.9 cm³/mol. The van der Waals surface area contributed by atoms with Crippen LogP contribution in [0, 0.1) is 0 Å². The van der Waals surface area contributed by atoms with Gasteiger partial charge in [-0.2, -0.15) is 24.9 Å². The van der Waals surface area contributed by atoms with Crippen molar-refractivity contribution in [2.45, 2.75) is 37.9 Å². The number of rotatable bonds is 9. The standard InChI is InChI=1S/C11H19F3N2O3S/c1-20-7-4-8(9(17)18)16-10(19)15-6-3-2-5-11(12,13)14/h8H,2-7H2,1H3,(H,17,18)(H2,15,16,19)/t8-/m0/s1. The van der Waals surface area contributed by atoms with E-state index in [1.807, 2.05) is 6.26 Å². The molecular formula is C11H19F3N2O3S. The van der Waals surface area contributed by atoms with E-state index in [2.05, 4.69) is 10.6 Å². The van der Waals surface area contributed by atoms with Gasteiger partial charge in [0.1, 0.15) is 6.04 Å². The SMILES string of the molecule is CSCC[C@H](NC(=O)NCCCCC(F)(F)F)C(=O)O. The van der Waals surface area contributed by atoms with Crippen molar-refractivity contribution in [3.63, 3.8) is 0 Å². The van der Waals surface area contributed by atoms with Gasteiger partial charge in [0.25, 0.3) is 0 Å². The Hall–Kier alpha value is -1.12. The second-order valence-electron chi connectivity index (χ2n) is 4.14. The van der Waals surface area contributed by atoms with Gasteiger partial charge in [0.05, 0.1) is 0 Å². The number of carbonyl (C=O) groups is 2. The van der Waals surface area contributed by atoms with Crippen LogP contribution in [0.25, 0.3) is 0 Å². The molecule has 0 rings (SSSR count). The van der Waals surface area contributed by atoms with Crippen molar-refractivity contribution in [2.75, 3.05) is 18.6 Å². The molecule has 0 saturated heterocycles. The highest BCUT2D eigenvalue weighted by molar-refractivity contribution is 7.98. The molecule has 5 nitrogen and oxygen atoms in total. The molecule has 0 aliphatic rings. The second kappa shape index (κ2) is 9.73. The average molecular weight is 316 g/mol. The minimum atomic E-state index is -4.19. The molecule has 2 amide bonds. The van der Waals surface area contributed by atoms with Crippen molar-refractivity contribution in [1.82, 2.24) is 10.6 Å². The van der Waals surface area contributed by atoms with E-state index in [1.54, 1.807) is 0 Å². The van der Waals surface area contributed by atoms with E-state index in [0.29, 0.717) is 5.75 Å². The van der Waals surface area contributed by atoms with Gasteiger partial charge in [0.15, 0.2) is 0 Å². The Balaban J connectivity index is 3.82. The van der Waals surface area contributed by atoms with E-state index in [4.69, 9.17) is 5.11 Å². The van der Waals surface area contributed by atoms with E-state index in [9.17, 15) is 22.8 Å². The quantitative estimate of drug-likeness (QED) is 0.570. The highest BCUT2D eigenvalue weighted by Gasteiger charge is 2.25. The molecule has 0 saturated carbocycles. The van der Waals surface area contributed by atoms with E-state index in [-0.39, 0.29) is 25.8 Å². The monoisotopic (exact) mass is 316 g/mol. The van der Waals surface area contributed by atoms with Crippen LogP contribution in [-0.4, -0.2) is 47.9 Å². The molecule has 0 aliphatic carbocycles. The lowest BCUT2D eigenvalue weighted by atomic mass is 10.2. The first-order valence-corrected chi connectivity index (χ1v) is 7.48. The molecule has 1 atom stereocenters. The average Bonchev–Trinajstić information content (AvgIpc) is 2.32. The number of hydrogen-bond acceptors (Lipinski definition) is 3. The highest BCUT2D eigenvalue weighted by Crippen LogP contribution is 2.21. The lowest BCUT2D eigenvalue weighted by Gasteiger charge is -2.14. The first-order chi connectivity index (χ1) is 9.26. The Morgan fingerprint density at radius 1 is 1.30 bits per heavy atom. The van der Waals surface area contributed by atoms with Crippen LogP contribution in [-0.2, 0) is 4.79 Å². The van der Waals surface area contributed by atoms with E-state index in [0.717, 1.165) is 0 Å². The third-order valence-electron chi connectivity index (χ3n) is 2.39. The number of unbranched alkanes of at least 4 members (excludes halogenated alkanes) is 1. The second-order valence-corrected chi connectivity index (χ2v) is 5.13. The minimum Gasteiger partial charge on any atom is -0.480 e. The molecule has 0 bridgehead atoms. The van der Waals surface area contributed by atoms with Crippen molar-refractivity contribution in [2.24, 2.45) is 0 Å². The van der Waals surface area contributed by atoms with Gasteiger partial charge < -0.3 is 15.7 Å². The van der Waals surface area contributed by atoms with Crippen molar-refractivity contribution in [3.05, 3.63) is 0 Å². The summed E-state index contributed by atoms with van der Waals surface area (Å²) < 4.78 is 35.6. The fraction of sp³-hybridized carbons (Fsp3) is 0.818. The Labute approximate surface area is 119 Å². The Morgan fingerprint density at radius 3 is 2.45 bits per heavy atom. The molecule has 0 unspecified atom stereocenters. The van der Waals surface area contributed by atoms with Gasteiger partial charge >= 0.3 is 18.2 Å². The molecule has 20 heavy (non-hydrogen) atoms. The first kappa shape index (κ1) is 18.9. The number of halogens is 3. The molecule has 0 aliphatic heterocycles. The van der Waals surface area contributed by atoms with Crippen LogP contribution in [0.5, 0.6) is 0 Å². The largest absolute Gasteiger partial charge is 0.480 e. The molecule has 0 radical (unpaired) electrons. The summed E-state index contributed by atoms with van der Waals surface area (Å²) in [6.45, 7) is 0.0801. The number of thioether (sulfide) groups is 1. The summed E-state index contributed by atoms with van der Waals surface area (Å²) in [5, 5.41) is 13.5. The number of carboxylic acids is 1. The van der Waals surface area contributed by atoms with Gasteiger partial charge in [-0.15, -0.1) is 0 Å². The summed E-state index contributed by atoms with van der Waals surface area (Å²) in [5.41, 5.74) is 0. The van der Waals surface area contributed by atoms with Crippen LogP contribution in [0.2, 0.25) is 0 Å². The number of urea groups is 1. The number of hydrogen-bond donors (Lipinski definition) is 3. The number of amides is 2. The van der Waals surface area contributed by atoms with Gasteiger partial charge in [-0.05, 0) is 31.3 Å². The lowest BCUT2D eigenvalue weighted by Crippen LogP contribution is -2.46. The van der Waals surface area contributed by atoms with Crippen LogP contribution in [0.1, 0.15) is 25.7 Å². The number of aliphatic carboxylic acids is 1. The highest BCUT2D eigenvalue weighted by atomic mass is 32.2. The minimum absolute atomic E-state index is 0.0708. The third kappa shape index (κ3) is 10.8. The predicted octanol–water partition coefficient (Wildman–Crippen LogP) is 2.22. The topological polar surface area (TPSA) is 78.4 Å². The number of alkyl halides is 3. The Morgan fingerprint density at radius 2 is 1.95 bits per heavy atom. The molecular weight excluding hydrogens is 297 g/mol. The van der Waals surface area contributed by atoms with E-state index in [1.165, 1.54) is 11.8 Å². The van der Waals surface area contributed by atoms with Gasteiger partial charge in [0.2, 0.25) is 0 Å². The molecule has 118 valence electrons. The number of carbonyl (C=O) groups excluding carboxylic acids is 1. The summed E-state index contributed by atoms with van der Waals surface area (Å²) >= 11 is 1.46. The van der Waals surface area contributed by atoms with Crippen LogP contribution in [0.3, 0.4) is 0 Å². The molecule has 0 aromatic carbocycles. The van der Waals surface area contributed by atoms with Crippen LogP contribution >= 0.6 is 11.8 Å². The van der Waals surface area contributed by atoms with Crippen molar-refractivity contribution in [1.29, 1.82) is 0 Å². The molecule has 0 fully saturated rings. The summed E-state index contributed by atoms with van der Waals surface area (Å²) in [6, 6.07) is -1.66. The smallest absolute Gasteiger partial charge is 0.389 e. The van der Waals surface area contributed by atoms with Gasteiger partial charge in [0, 0.05) is 13.0 Å². The summed E-state index contributed by atoms with van der Waals surface area (Å²) in [7, 11) is 0. The molecule has 0 heterocycles. The van der Waals surface area contributed by atoms with Crippen LogP contribution in [0.15, 0.2) is 0 Å². The fourth-order valence-electron chi connectivity index (χ4n) is 1.35. The van der Waals surface area contributed by atoms with Crippen LogP contribution in [0.4, 0.5) is 18.0 Å². The number of carboxylic acid groups (broad SMARTS) is 1. The fourth-order valence-corrected chi connectivity index (χ4v) is 1.83. The molecule has 3 N–H and O–H groups in total. The normalized spacial score (nSPS) is 12.8. The van der Waals surface area contributed by atoms with Crippen LogP contribution < -0.4 is 10.6 Å². The maximum absolute atomic E-state index is 11.9. The van der Waals surface area contributed by atoms with Gasteiger partial charge in [-0.1, -0.05) is 0 Å². The maximum Gasteiger partial charge on any atom is 0.389 e. The number of nitrogens with one attached hydrogen (secondary N) is 2. The molecule has 9 heteroatoms. The molecule has 0 aromatic rings. The Kier molecular flexibility index (Phi) is 9.19. The summed E-state index contributed by atoms with van der Waals surface area (Å²) in [5.74, 6) is -0.547. The lowest BCUT2D eigenvalue weighted by molar-refractivity contribution is -0.139. The van der Waals surface area contributed by atoms with Gasteiger partial charge in [-0.3, -0.25) is 0 Å². The summed E-state index contributed by atoms with van der Waals surface area (Å²) in [4.78, 5) is 22.2. The summed E-state index contributed by atoms with van der Waals surface area (Å²) in [6.07, 6.45) is -2.85. The molecule has 0 spiro atoms. The third-order valence-corrected chi connectivity index (χ3v) is 3.03. The van der Waals surface area contributed by atoms with E-state index >= 15 is 0 Å². The molecule has 0 aromatic heterocycles.